The van der Waals surface area contributed by atoms with E-state index in [4.69, 9.17) is 18.5 Å². The molecule has 0 radical (unpaired) electrons. The highest BCUT2D eigenvalue weighted by Gasteiger charge is 2.26. The molecule has 0 aliphatic rings. The van der Waals surface area contributed by atoms with Gasteiger partial charge < -0.3 is 19.7 Å². The minimum atomic E-state index is -4.34. The molecule has 0 spiro atoms. The van der Waals surface area contributed by atoms with Crippen LogP contribution in [0.1, 0.15) is 168 Å². The standard InChI is InChI=1S/C38H72NO8P/c1-4-6-8-10-12-14-16-17-18-19-21-23-25-27-29-31-38(41)47-36(35-46-48(42,43)45-33-32-39-3)34-44-37(40)30-28-26-24-22-20-15-13-11-9-7-5-2/h11,13-14,16,36,39H,4-10,12,15,17-35H2,1-3H3,(H,42,43)/b13-11-,16-14-. The van der Waals surface area contributed by atoms with Crippen LogP contribution in [-0.4, -0.2) is 56.3 Å². The van der Waals surface area contributed by atoms with E-state index in [1.807, 2.05) is 0 Å². The summed E-state index contributed by atoms with van der Waals surface area (Å²) < 4.78 is 33.0. The number of ether oxygens (including phenoxy) is 2. The molecule has 0 amide bonds. The van der Waals surface area contributed by atoms with Crippen LogP contribution in [0.3, 0.4) is 0 Å². The third kappa shape index (κ3) is 34.4. The molecule has 0 aromatic rings. The van der Waals surface area contributed by atoms with Gasteiger partial charge in [-0.2, -0.15) is 0 Å². The van der Waals surface area contributed by atoms with Crippen molar-refractivity contribution >= 4 is 19.8 Å². The largest absolute Gasteiger partial charge is 0.472 e. The average Bonchev–Trinajstić information content (AvgIpc) is 3.06. The summed E-state index contributed by atoms with van der Waals surface area (Å²) in [7, 11) is -2.65. The van der Waals surface area contributed by atoms with Crippen LogP contribution in [0.4, 0.5) is 0 Å². The molecule has 0 aromatic heterocycles. The number of carbonyl (C=O) groups is 2. The molecule has 2 unspecified atom stereocenters. The number of hydrogen-bond acceptors (Lipinski definition) is 8. The summed E-state index contributed by atoms with van der Waals surface area (Å²) in [5.74, 6) is -0.823. The lowest BCUT2D eigenvalue weighted by molar-refractivity contribution is -0.161. The molecule has 0 aliphatic heterocycles. The Bertz CT molecular complexity index is 851. The molecule has 2 atom stereocenters. The molecule has 0 saturated heterocycles. The third-order valence-corrected chi connectivity index (χ3v) is 9.03. The molecule has 0 rings (SSSR count). The van der Waals surface area contributed by atoms with E-state index in [0.29, 0.717) is 13.0 Å². The minimum Gasteiger partial charge on any atom is -0.462 e. The number of likely N-dealkylation sites (N-methyl/N-ethyl adjacent to an activating group) is 1. The first kappa shape index (κ1) is 46.5. The Morgan fingerprint density at radius 2 is 1.08 bits per heavy atom. The van der Waals surface area contributed by atoms with Crippen LogP contribution in [0.15, 0.2) is 24.3 Å². The number of allylic oxidation sites excluding steroid dienone is 4. The molecular formula is C38H72NO8P. The summed E-state index contributed by atoms with van der Waals surface area (Å²) in [6.45, 7) is 4.15. The summed E-state index contributed by atoms with van der Waals surface area (Å²) in [4.78, 5) is 34.8. The SMILES string of the molecule is CCCC/C=C\CCCCCCCC(=O)OCC(COP(=O)(O)OCCNC)OC(=O)CCCCCCCCC/C=C\CCCCCC. The van der Waals surface area contributed by atoms with E-state index in [1.165, 1.54) is 64.2 Å². The van der Waals surface area contributed by atoms with E-state index in [1.54, 1.807) is 7.05 Å². The van der Waals surface area contributed by atoms with Crippen LogP contribution >= 0.6 is 7.82 Å². The highest BCUT2D eigenvalue weighted by atomic mass is 31.2. The van der Waals surface area contributed by atoms with Crippen LogP contribution in [0, 0.1) is 0 Å². The number of carbonyl (C=O) groups excluding carboxylic acids is 2. The minimum absolute atomic E-state index is 0.0182. The number of phosphoric ester groups is 1. The number of phosphoric acid groups is 1. The number of nitrogens with one attached hydrogen (secondary N) is 1. The topological polar surface area (TPSA) is 120 Å². The molecule has 0 heterocycles. The van der Waals surface area contributed by atoms with E-state index < -0.39 is 26.5 Å². The van der Waals surface area contributed by atoms with E-state index in [9.17, 15) is 19.0 Å². The first-order chi connectivity index (χ1) is 23.3. The molecule has 282 valence electrons. The van der Waals surface area contributed by atoms with Gasteiger partial charge in [-0.3, -0.25) is 18.6 Å². The Hall–Kier alpha value is -1.51. The van der Waals surface area contributed by atoms with E-state index in [0.717, 1.165) is 70.6 Å². The zero-order valence-corrected chi connectivity index (χ0v) is 31.8. The van der Waals surface area contributed by atoms with Gasteiger partial charge in [0.25, 0.3) is 0 Å². The molecule has 0 saturated carbocycles. The van der Waals surface area contributed by atoms with Crippen molar-refractivity contribution in [2.75, 3.05) is 33.4 Å². The fraction of sp³-hybridized carbons (Fsp3) is 0.842. The Balaban J connectivity index is 4.29. The zero-order chi connectivity index (χ0) is 35.4. The Morgan fingerprint density at radius 3 is 1.60 bits per heavy atom. The fourth-order valence-electron chi connectivity index (χ4n) is 5.06. The predicted octanol–water partition coefficient (Wildman–Crippen LogP) is 10.3. The summed E-state index contributed by atoms with van der Waals surface area (Å²) in [6, 6.07) is 0. The van der Waals surface area contributed by atoms with Crippen molar-refractivity contribution in [3.05, 3.63) is 24.3 Å². The average molecular weight is 702 g/mol. The number of unbranched alkanes of at least 4 members (excludes halogenated alkanes) is 18. The maximum atomic E-state index is 12.6. The summed E-state index contributed by atoms with van der Waals surface area (Å²) in [6.07, 6.45) is 33.6. The molecule has 2 N–H and O–H groups in total. The third-order valence-electron chi connectivity index (χ3n) is 8.04. The molecule has 0 aromatic carbocycles. The van der Waals surface area contributed by atoms with Gasteiger partial charge in [0.2, 0.25) is 0 Å². The van der Waals surface area contributed by atoms with E-state index in [-0.39, 0.29) is 32.0 Å². The maximum Gasteiger partial charge on any atom is 0.472 e. The second-order valence-corrected chi connectivity index (χ2v) is 14.2. The monoisotopic (exact) mass is 701 g/mol. The molecule has 9 nitrogen and oxygen atoms in total. The van der Waals surface area contributed by atoms with Crippen molar-refractivity contribution in [2.45, 2.75) is 174 Å². The zero-order valence-electron chi connectivity index (χ0n) is 30.9. The van der Waals surface area contributed by atoms with Gasteiger partial charge in [-0.25, -0.2) is 4.57 Å². The molecular weight excluding hydrogens is 629 g/mol. The van der Waals surface area contributed by atoms with Crippen LogP contribution in [0.25, 0.3) is 0 Å². The Morgan fingerprint density at radius 1 is 0.625 bits per heavy atom. The van der Waals surface area contributed by atoms with Crippen molar-refractivity contribution in [2.24, 2.45) is 0 Å². The summed E-state index contributed by atoms with van der Waals surface area (Å²) in [5, 5.41) is 2.82. The van der Waals surface area contributed by atoms with Crippen molar-refractivity contribution < 1.29 is 37.6 Å². The molecule has 48 heavy (non-hydrogen) atoms. The van der Waals surface area contributed by atoms with Crippen molar-refractivity contribution in [3.8, 4) is 0 Å². The highest BCUT2D eigenvalue weighted by molar-refractivity contribution is 7.47. The number of hydrogen-bond donors (Lipinski definition) is 2. The molecule has 0 aliphatic carbocycles. The van der Waals surface area contributed by atoms with E-state index >= 15 is 0 Å². The lowest BCUT2D eigenvalue weighted by Gasteiger charge is -2.20. The fourth-order valence-corrected chi connectivity index (χ4v) is 5.81. The second-order valence-electron chi connectivity index (χ2n) is 12.8. The van der Waals surface area contributed by atoms with Gasteiger partial charge in [0.1, 0.15) is 6.61 Å². The second kappa shape index (κ2) is 35.3. The maximum absolute atomic E-state index is 12.6. The molecule has 10 heteroatoms. The van der Waals surface area contributed by atoms with E-state index in [2.05, 4.69) is 43.5 Å². The van der Waals surface area contributed by atoms with Gasteiger partial charge >= 0.3 is 19.8 Å². The van der Waals surface area contributed by atoms with Gasteiger partial charge in [-0.15, -0.1) is 0 Å². The predicted molar refractivity (Wildman–Crippen MR) is 197 cm³/mol. The van der Waals surface area contributed by atoms with Gasteiger partial charge in [-0.05, 0) is 64.8 Å². The van der Waals surface area contributed by atoms with Crippen LogP contribution < -0.4 is 5.32 Å². The lowest BCUT2D eigenvalue weighted by atomic mass is 10.1. The molecule has 0 fully saturated rings. The summed E-state index contributed by atoms with van der Waals surface area (Å²) in [5.41, 5.74) is 0. The van der Waals surface area contributed by atoms with Crippen LogP contribution in [-0.2, 0) is 32.7 Å². The number of rotatable bonds is 36. The van der Waals surface area contributed by atoms with Crippen LogP contribution in [0.5, 0.6) is 0 Å². The van der Waals surface area contributed by atoms with Gasteiger partial charge in [0.15, 0.2) is 6.10 Å². The first-order valence-corrected chi connectivity index (χ1v) is 20.8. The van der Waals surface area contributed by atoms with Crippen molar-refractivity contribution in [3.63, 3.8) is 0 Å². The smallest absolute Gasteiger partial charge is 0.462 e. The van der Waals surface area contributed by atoms with Gasteiger partial charge in [-0.1, -0.05) is 122 Å². The normalized spacial score (nSPS) is 13.7. The summed E-state index contributed by atoms with van der Waals surface area (Å²) >= 11 is 0. The van der Waals surface area contributed by atoms with Crippen molar-refractivity contribution in [1.82, 2.24) is 5.32 Å². The van der Waals surface area contributed by atoms with Gasteiger partial charge in [0.05, 0.1) is 13.2 Å². The van der Waals surface area contributed by atoms with Gasteiger partial charge in [0, 0.05) is 19.4 Å². The lowest BCUT2D eigenvalue weighted by Crippen LogP contribution is -2.29. The highest BCUT2D eigenvalue weighted by Crippen LogP contribution is 2.43. The first-order valence-electron chi connectivity index (χ1n) is 19.3. The Kier molecular flexibility index (Phi) is 34.2. The quantitative estimate of drug-likeness (QED) is 0.0284. The van der Waals surface area contributed by atoms with Crippen LogP contribution in [0.2, 0.25) is 0 Å². The van der Waals surface area contributed by atoms with Crippen molar-refractivity contribution in [1.29, 1.82) is 0 Å². The molecule has 0 bridgehead atoms. The Labute approximate surface area is 294 Å². The number of esters is 2.